The molecule has 0 saturated carbocycles. The van der Waals surface area contributed by atoms with Gasteiger partial charge in [-0.2, -0.15) is 11.8 Å². The normalized spacial score (nSPS) is 14.1. The zero-order valence-corrected chi connectivity index (χ0v) is 20.2. The number of aliphatic carboxylic acids is 3. The van der Waals surface area contributed by atoms with Crippen molar-refractivity contribution in [3.05, 3.63) is 18.2 Å². The van der Waals surface area contributed by atoms with Gasteiger partial charge >= 0.3 is 17.9 Å². The minimum atomic E-state index is -1.69. The van der Waals surface area contributed by atoms with Crippen molar-refractivity contribution < 1.29 is 44.1 Å². The first-order valence-corrected chi connectivity index (χ1v) is 12.1. The number of H-pyrrole nitrogens is 1. The Morgan fingerprint density at radius 1 is 0.944 bits per heavy atom. The molecular weight excluding hydrogens is 500 g/mol. The van der Waals surface area contributed by atoms with Crippen LogP contribution < -0.4 is 21.7 Å². The van der Waals surface area contributed by atoms with Gasteiger partial charge in [0, 0.05) is 24.7 Å². The molecule has 4 atom stereocenters. The lowest BCUT2D eigenvalue weighted by Gasteiger charge is -2.24. The Balaban J connectivity index is 2.93. The molecule has 3 amide bonds. The smallest absolute Gasteiger partial charge is 0.326 e. The zero-order chi connectivity index (χ0) is 27.3. The van der Waals surface area contributed by atoms with Crippen molar-refractivity contribution in [2.45, 2.75) is 56.3 Å². The molecule has 0 aromatic carbocycles. The summed E-state index contributed by atoms with van der Waals surface area (Å²) < 4.78 is 0. The molecule has 200 valence electrons. The molecule has 16 heteroatoms. The molecule has 4 unspecified atom stereocenters. The maximum absolute atomic E-state index is 12.9. The van der Waals surface area contributed by atoms with Gasteiger partial charge in [0.05, 0.1) is 18.8 Å². The number of nitrogens with two attached hydrogens (primary N) is 1. The maximum atomic E-state index is 12.9. The second-order valence-corrected chi connectivity index (χ2v) is 8.71. The van der Waals surface area contributed by atoms with Crippen LogP contribution in [-0.4, -0.2) is 97.1 Å². The highest BCUT2D eigenvalue weighted by atomic mass is 32.2. The number of aromatic nitrogens is 2. The maximum Gasteiger partial charge on any atom is 0.326 e. The third-order valence-electron chi connectivity index (χ3n) is 4.85. The van der Waals surface area contributed by atoms with Crippen molar-refractivity contribution in [2.75, 3.05) is 12.0 Å². The van der Waals surface area contributed by atoms with Gasteiger partial charge in [0.25, 0.3) is 0 Å². The summed E-state index contributed by atoms with van der Waals surface area (Å²) in [5.74, 6) is -6.51. The number of carboxylic acid groups (broad SMARTS) is 3. The number of imidazole rings is 1. The lowest BCUT2D eigenvalue weighted by atomic mass is 10.1. The van der Waals surface area contributed by atoms with Gasteiger partial charge in [-0.05, 0) is 24.9 Å². The van der Waals surface area contributed by atoms with Crippen LogP contribution in [0.15, 0.2) is 12.5 Å². The van der Waals surface area contributed by atoms with Crippen molar-refractivity contribution in [1.29, 1.82) is 0 Å². The van der Waals surface area contributed by atoms with Gasteiger partial charge in [0.1, 0.15) is 18.1 Å². The van der Waals surface area contributed by atoms with Crippen molar-refractivity contribution in [3.8, 4) is 0 Å². The third kappa shape index (κ3) is 11.2. The lowest BCUT2D eigenvalue weighted by molar-refractivity contribution is -0.144. The predicted molar refractivity (Wildman–Crippen MR) is 126 cm³/mol. The minimum Gasteiger partial charge on any atom is -0.481 e. The molecule has 0 saturated heterocycles. The van der Waals surface area contributed by atoms with Gasteiger partial charge < -0.3 is 42.0 Å². The Hall–Kier alpha value is -3.66. The second kappa shape index (κ2) is 15.4. The van der Waals surface area contributed by atoms with Crippen LogP contribution in [0, 0.1) is 0 Å². The van der Waals surface area contributed by atoms with Crippen molar-refractivity contribution in [3.63, 3.8) is 0 Å². The average Bonchev–Trinajstić information content (AvgIpc) is 3.30. The molecule has 36 heavy (non-hydrogen) atoms. The molecule has 0 radical (unpaired) electrons. The van der Waals surface area contributed by atoms with E-state index in [1.807, 2.05) is 5.32 Å². The highest BCUT2D eigenvalue weighted by Gasteiger charge is 2.31. The molecule has 9 N–H and O–H groups in total. The van der Waals surface area contributed by atoms with Crippen LogP contribution in [0.1, 0.15) is 31.4 Å². The molecule has 15 nitrogen and oxygen atoms in total. The number of nitrogens with zero attached hydrogens (tertiary/aromatic N) is 1. The first kappa shape index (κ1) is 30.4. The molecule has 0 bridgehead atoms. The topological polar surface area (TPSA) is 254 Å². The summed E-state index contributed by atoms with van der Waals surface area (Å²) in [5, 5.41) is 33.9. The number of nitrogens with one attached hydrogen (secondary N) is 4. The van der Waals surface area contributed by atoms with Crippen LogP contribution in [0.5, 0.6) is 0 Å². The number of carbonyl (C=O) groups excluding carboxylic acids is 3. The molecule has 1 heterocycles. The first-order valence-electron chi connectivity index (χ1n) is 10.7. The van der Waals surface area contributed by atoms with E-state index in [2.05, 4.69) is 20.6 Å². The van der Waals surface area contributed by atoms with E-state index in [0.717, 1.165) is 0 Å². The molecule has 0 fully saturated rings. The number of amides is 3. The number of thioether (sulfide) groups is 1. The Kier molecular flexibility index (Phi) is 13.0. The SMILES string of the molecule is CSCCC(NC(=O)C(N)Cc1cnc[nH]1)C(=O)NC(CC(=O)O)C(=O)NC(CCC(=O)O)C(=O)O. The van der Waals surface area contributed by atoms with Gasteiger partial charge in [0.15, 0.2) is 0 Å². The number of carboxylic acids is 3. The van der Waals surface area contributed by atoms with Crippen molar-refractivity contribution in [2.24, 2.45) is 5.73 Å². The van der Waals surface area contributed by atoms with E-state index in [1.54, 1.807) is 6.26 Å². The lowest BCUT2D eigenvalue weighted by Crippen LogP contribution is -2.57. The summed E-state index contributed by atoms with van der Waals surface area (Å²) in [4.78, 5) is 78.0. The molecule has 1 aromatic rings. The standard InChI is InChI=1S/C20H30N6O9S/c1-36-5-4-12(24-17(31)11(21)6-10-8-22-9-23-10)18(32)26-14(7-16(29)30)19(33)25-13(20(34)35)2-3-15(27)28/h8-9,11-14H,2-7,21H2,1H3,(H,22,23)(H,24,31)(H,25,33)(H,26,32)(H,27,28)(H,29,30)(H,34,35). The van der Waals surface area contributed by atoms with E-state index in [-0.39, 0.29) is 12.8 Å². The van der Waals surface area contributed by atoms with Gasteiger partial charge in [-0.25, -0.2) is 9.78 Å². The largest absolute Gasteiger partial charge is 0.481 e. The summed E-state index contributed by atoms with van der Waals surface area (Å²) in [6, 6.07) is -5.49. The van der Waals surface area contributed by atoms with Gasteiger partial charge in [-0.15, -0.1) is 0 Å². The Labute approximate surface area is 210 Å². The van der Waals surface area contributed by atoms with Gasteiger partial charge in [0.2, 0.25) is 17.7 Å². The number of rotatable bonds is 17. The summed E-state index contributed by atoms with van der Waals surface area (Å²) in [7, 11) is 0. The molecular formula is C20H30N6O9S. The Morgan fingerprint density at radius 2 is 1.56 bits per heavy atom. The number of carbonyl (C=O) groups is 6. The summed E-state index contributed by atoms with van der Waals surface area (Å²) >= 11 is 1.38. The highest BCUT2D eigenvalue weighted by molar-refractivity contribution is 7.98. The summed E-state index contributed by atoms with van der Waals surface area (Å²) in [6.07, 6.45) is 3.02. The summed E-state index contributed by atoms with van der Waals surface area (Å²) in [6.45, 7) is 0. The van der Waals surface area contributed by atoms with Crippen molar-refractivity contribution >= 4 is 47.4 Å². The fourth-order valence-electron chi connectivity index (χ4n) is 2.96. The first-order chi connectivity index (χ1) is 16.9. The Morgan fingerprint density at radius 3 is 2.08 bits per heavy atom. The average molecular weight is 531 g/mol. The number of hydrogen-bond acceptors (Lipinski definition) is 9. The van der Waals surface area contributed by atoms with Crippen LogP contribution in [0.25, 0.3) is 0 Å². The van der Waals surface area contributed by atoms with Crippen LogP contribution >= 0.6 is 11.8 Å². The highest BCUT2D eigenvalue weighted by Crippen LogP contribution is 2.06. The van der Waals surface area contributed by atoms with Crippen LogP contribution in [0.4, 0.5) is 0 Å². The molecule has 0 aliphatic rings. The Bertz CT molecular complexity index is 927. The van der Waals surface area contributed by atoms with Crippen LogP contribution in [0.3, 0.4) is 0 Å². The molecule has 0 spiro atoms. The van der Waals surface area contributed by atoms with E-state index < -0.39 is 79.1 Å². The number of aromatic amines is 1. The van der Waals surface area contributed by atoms with E-state index in [4.69, 9.17) is 15.9 Å². The molecule has 1 aromatic heterocycles. The second-order valence-electron chi connectivity index (χ2n) is 7.72. The van der Waals surface area contributed by atoms with E-state index in [0.29, 0.717) is 11.4 Å². The number of hydrogen-bond donors (Lipinski definition) is 8. The third-order valence-corrected chi connectivity index (χ3v) is 5.49. The predicted octanol–water partition coefficient (Wildman–Crippen LogP) is -2.09. The summed E-state index contributed by atoms with van der Waals surface area (Å²) in [5.41, 5.74) is 6.49. The molecule has 1 rings (SSSR count). The van der Waals surface area contributed by atoms with Gasteiger partial charge in [-0.3, -0.25) is 24.0 Å². The van der Waals surface area contributed by atoms with E-state index in [1.165, 1.54) is 24.3 Å². The van der Waals surface area contributed by atoms with Crippen LogP contribution in [-0.2, 0) is 35.2 Å². The monoisotopic (exact) mass is 530 g/mol. The zero-order valence-electron chi connectivity index (χ0n) is 19.4. The van der Waals surface area contributed by atoms with Crippen LogP contribution in [0.2, 0.25) is 0 Å². The fraction of sp³-hybridized carbons (Fsp3) is 0.550. The van der Waals surface area contributed by atoms with E-state index >= 15 is 0 Å². The quantitative estimate of drug-likeness (QED) is 0.108. The van der Waals surface area contributed by atoms with Crippen molar-refractivity contribution in [1.82, 2.24) is 25.9 Å². The van der Waals surface area contributed by atoms with Gasteiger partial charge in [-0.1, -0.05) is 0 Å². The molecule has 0 aliphatic heterocycles. The minimum absolute atomic E-state index is 0.111. The molecule has 0 aliphatic carbocycles. The fourth-order valence-corrected chi connectivity index (χ4v) is 3.43. The van der Waals surface area contributed by atoms with E-state index in [9.17, 15) is 33.9 Å².